The lowest BCUT2D eigenvalue weighted by atomic mass is 9.85. The number of aliphatic hydroxyl groups is 1. The fourth-order valence-electron chi connectivity index (χ4n) is 4.63. The Morgan fingerprint density at radius 2 is 2.04 bits per heavy atom. The number of hydrogen-bond acceptors (Lipinski definition) is 2. The lowest BCUT2D eigenvalue weighted by Crippen LogP contribution is -2.48. The van der Waals surface area contributed by atoms with Crippen LogP contribution in [0, 0.1) is 5.92 Å². The van der Waals surface area contributed by atoms with Crippen LogP contribution in [0.3, 0.4) is 0 Å². The molecule has 4 heteroatoms. The largest absolute Gasteiger partial charge is 0.396 e. The summed E-state index contributed by atoms with van der Waals surface area (Å²) >= 11 is 0. The minimum atomic E-state index is 0.0794. The molecule has 2 amide bonds. The number of benzene rings is 1. The Hall–Kier alpha value is -1.55. The molecule has 1 heterocycles. The van der Waals surface area contributed by atoms with Crippen molar-refractivity contribution in [2.24, 2.45) is 5.92 Å². The number of amides is 2. The van der Waals surface area contributed by atoms with Crippen molar-refractivity contribution in [3.05, 3.63) is 35.9 Å². The molecule has 1 aliphatic heterocycles. The van der Waals surface area contributed by atoms with Gasteiger partial charge in [0.05, 0.1) is 0 Å². The normalized spacial score (nSPS) is 27.6. The number of nitrogens with one attached hydrogen (secondary N) is 1. The van der Waals surface area contributed by atoms with Gasteiger partial charge in [-0.3, -0.25) is 0 Å². The van der Waals surface area contributed by atoms with Gasteiger partial charge in [0.15, 0.2) is 0 Å². The number of nitrogens with zero attached hydrogens (tertiary/aromatic N) is 1. The van der Waals surface area contributed by atoms with Gasteiger partial charge >= 0.3 is 6.03 Å². The third-order valence-corrected chi connectivity index (χ3v) is 5.83. The van der Waals surface area contributed by atoms with Crippen molar-refractivity contribution in [1.82, 2.24) is 10.2 Å². The van der Waals surface area contributed by atoms with Gasteiger partial charge in [0.1, 0.15) is 0 Å². The minimum absolute atomic E-state index is 0.0794. The highest BCUT2D eigenvalue weighted by Gasteiger charge is 2.42. The van der Waals surface area contributed by atoms with Crippen molar-refractivity contribution in [1.29, 1.82) is 0 Å². The number of rotatable bonds is 5. The summed E-state index contributed by atoms with van der Waals surface area (Å²) in [5.74, 6) is 0.863. The molecule has 132 valence electrons. The molecule has 4 atom stereocenters. The molecule has 3 rings (SSSR count). The molecule has 1 aromatic carbocycles. The van der Waals surface area contributed by atoms with Crippen molar-refractivity contribution in [3.8, 4) is 0 Å². The zero-order valence-electron chi connectivity index (χ0n) is 14.7. The van der Waals surface area contributed by atoms with Gasteiger partial charge in [-0.2, -0.15) is 0 Å². The molecule has 4 unspecified atom stereocenters. The van der Waals surface area contributed by atoms with E-state index in [1.165, 1.54) is 24.8 Å². The van der Waals surface area contributed by atoms with E-state index in [0.717, 1.165) is 12.8 Å². The van der Waals surface area contributed by atoms with E-state index in [2.05, 4.69) is 29.3 Å². The van der Waals surface area contributed by atoms with E-state index in [9.17, 15) is 9.90 Å². The summed E-state index contributed by atoms with van der Waals surface area (Å²) in [4.78, 5) is 14.9. The second-order valence-electron chi connectivity index (χ2n) is 7.41. The third kappa shape index (κ3) is 3.75. The highest BCUT2D eigenvalue weighted by Crippen LogP contribution is 2.39. The lowest BCUT2D eigenvalue weighted by molar-refractivity contribution is 0.155. The minimum Gasteiger partial charge on any atom is -0.396 e. The molecule has 4 nitrogen and oxygen atoms in total. The van der Waals surface area contributed by atoms with E-state index >= 15 is 0 Å². The second-order valence-corrected chi connectivity index (χ2v) is 7.41. The zero-order chi connectivity index (χ0) is 16.9. The summed E-state index contributed by atoms with van der Waals surface area (Å²) in [6.07, 6.45) is 6.81. The Morgan fingerprint density at radius 3 is 2.79 bits per heavy atom. The summed E-state index contributed by atoms with van der Waals surface area (Å²) in [6.45, 7) is 2.91. The maximum Gasteiger partial charge on any atom is 0.317 e. The molecule has 0 radical (unpaired) electrons. The van der Waals surface area contributed by atoms with E-state index in [1.54, 1.807) is 0 Å². The van der Waals surface area contributed by atoms with Gasteiger partial charge in [0, 0.05) is 31.2 Å². The van der Waals surface area contributed by atoms with Gasteiger partial charge in [0.2, 0.25) is 0 Å². The van der Waals surface area contributed by atoms with E-state index < -0.39 is 0 Å². The highest BCUT2D eigenvalue weighted by atomic mass is 16.3. The smallest absolute Gasteiger partial charge is 0.317 e. The molecule has 0 aromatic heterocycles. The van der Waals surface area contributed by atoms with Crippen molar-refractivity contribution in [3.63, 3.8) is 0 Å². The number of carbonyl (C=O) groups excluding carboxylic acids is 1. The molecule has 2 fully saturated rings. The molecule has 1 saturated carbocycles. The number of carbonyl (C=O) groups is 1. The van der Waals surface area contributed by atoms with E-state index in [-0.39, 0.29) is 18.6 Å². The van der Waals surface area contributed by atoms with Crippen LogP contribution in [-0.2, 0) is 0 Å². The van der Waals surface area contributed by atoms with Crippen LogP contribution >= 0.6 is 0 Å². The maximum atomic E-state index is 12.8. The number of urea groups is 1. The van der Waals surface area contributed by atoms with Crippen LogP contribution in [0.2, 0.25) is 0 Å². The molecule has 1 aromatic rings. The zero-order valence-corrected chi connectivity index (χ0v) is 14.7. The summed E-state index contributed by atoms with van der Waals surface area (Å²) in [5, 5.41) is 12.5. The van der Waals surface area contributed by atoms with E-state index in [4.69, 9.17) is 0 Å². The first-order chi connectivity index (χ1) is 11.7. The van der Waals surface area contributed by atoms with Crippen LogP contribution in [0.1, 0.15) is 56.9 Å². The summed E-state index contributed by atoms with van der Waals surface area (Å²) in [7, 11) is 0. The van der Waals surface area contributed by atoms with Gasteiger partial charge < -0.3 is 15.3 Å². The first-order valence-electron chi connectivity index (χ1n) is 9.42. The monoisotopic (exact) mass is 330 g/mol. The van der Waals surface area contributed by atoms with Crippen molar-refractivity contribution >= 4 is 6.03 Å². The quantitative estimate of drug-likeness (QED) is 0.868. The van der Waals surface area contributed by atoms with Gasteiger partial charge in [-0.25, -0.2) is 4.79 Å². The Kier molecular flexibility index (Phi) is 5.77. The average molecular weight is 330 g/mol. The molecular formula is C20H30N2O2. The number of fused-ring (bicyclic) bond motifs is 1. The molecule has 1 saturated heterocycles. The molecule has 24 heavy (non-hydrogen) atoms. The predicted octanol–water partition coefficient (Wildman–Crippen LogP) is 3.52. The maximum absolute atomic E-state index is 12.8. The van der Waals surface area contributed by atoms with Crippen LogP contribution < -0.4 is 5.32 Å². The Labute approximate surface area is 145 Å². The third-order valence-electron chi connectivity index (χ3n) is 5.83. The fraction of sp³-hybridized carbons (Fsp3) is 0.650. The van der Waals surface area contributed by atoms with Gasteiger partial charge in [0.25, 0.3) is 0 Å². The molecule has 1 aliphatic carbocycles. The van der Waals surface area contributed by atoms with Crippen molar-refractivity contribution in [2.45, 2.75) is 63.5 Å². The Bertz CT molecular complexity index is 534. The van der Waals surface area contributed by atoms with Crippen LogP contribution in [0.5, 0.6) is 0 Å². The first-order valence-corrected chi connectivity index (χ1v) is 9.42. The summed E-state index contributed by atoms with van der Waals surface area (Å²) < 4.78 is 0. The standard InChI is InChI=1S/C20H30N2O2/c1-15-13-17-9-5-6-10-19(17)22(15)20(24)21-14-18(11-12-23)16-7-3-2-4-8-16/h2-4,7-8,15,17-19,23H,5-6,9-14H2,1H3,(H,21,24). The molecule has 2 aliphatic rings. The van der Waals surface area contributed by atoms with Crippen LogP contribution in [0.4, 0.5) is 4.79 Å². The van der Waals surface area contributed by atoms with E-state index in [1.807, 2.05) is 18.2 Å². The topological polar surface area (TPSA) is 52.6 Å². The lowest BCUT2D eigenvalue weighted by Gasteiger charge is -2.33. The van der Waals surface area contributed by atoms with Gasteiger partial charge in [-0.05, 0) is 44.1 Å². The number of likely N-dealkylation sites (tertiary alicyclic amines) is 1. The van der Waals surface area contributed by atoms with Crippen LogP contribution in [0.15, 0.2) is 30.3 Å². The first kappa shape index (κ1) is 17.3. The Balaban J connectivity index is 1.61. The fourth-order valence-corrected chi connectivity index (χ4v) is 4.63. The predicted molar refractivity (Wildman–Crippen MR) is 95.9 cm³/mol. The summed E-state index contributed by atoms with van der Waals surface area (Å²) in [5.41, 5.74) is 1.18. The van der Waals surface area contributed by atoms with E-state index in [0.29, 0.717) is 31.0 Å². The van der Waals surface area contributed by atoms with Crippen molar-refractivity contribution < 1.29 is 9.90 Å². The molecular weight excluding hydrogens is 300 g/mol. The number of hydrogen-bond donors (Lipinski definition) is 2. The van der Waals surface area contributed by atoms with Crippen molar-refractivity contribution in [2.75, 3.05) is 13.2 Å². The van der Waals surface area contributed by atoms with Crippen LogP contribution in [0.25, 0.3) is 0 Å². The average Bonchev–Trinajstić information content (AvgIpc) is 2.95. The highest BCUT2D eigenvalue weighted by molar-refractivity contribution is 5.75. The molecule has 0 bridgehead atoms. The SMILES string of the molecule is CC1CC2CCCCC2N1C(=O)NCC(CCO)c1ccccc1. The molecule has 2 N–H and O–H groups in total. The summed E-state index contributed by atoms with van der Waals surface area (Å²) in [6, 6.07) is 11.0. The molecule has 0 spiro atoms. The number of aliphatic hydroxyl groups excluding tert-OH is 1. The second kappa shape index (κ2) is 8.02. The van der Waals surface area contributed by atoms with Gasteiger partial charge in [-0.15, -0.1) is 0 Å². The van der Waals surface area contributed by atoms with Crippen LogP contribution in [-0.4, -0.2) is 41.3 Å². The Morgan fingerprint density at radius 1 is 1.29 bits per heavy atom. The van der Waals surface area contributed by atoms with Gasteiger partial charge in [-0.1, -0.05) is 43.2 Å².